The molecule has 0 aliphatic rings. The Morgan fingerprint density at radius 3 is 2.05 bits per heavy atom. The van der Waals surface area contributed by atoms with E-state index in [1.165, 1.54) is 0 Å². The number of alkyl halides is 6. The maximum atomic E-state index is 12.7. The molecule has 0 aliphatic carbocycles. The van der Waals surface area contributed by atoms with Crippen LogP contribution >= 0.6 is 0 Å². The average molecular weight is 339 g/mol. The van der Waals surface area contributed by atoms with Crippen molar-refractivity contribution in [3.05, 3.63) is 17.3 Å². The van der Waals surface area contributed by atoms with Crippen molar-refractivity contribution in [2.75, 3.05) is 0 Å². The number of aromatic nitrogens is 1. The lowest BCUT2D eigenvalue weighted by Crippen LogP contribution is -2.24. The average Bonchev–Trinajstić information content (AvgIpc) is 2.23. The summed E-state index contributed by atoms with van der Waals surface area (Å²) in [6.07, 6.45) is -10.6. The Morgan fingerprint density at radius 1 is 1.19 bits per heavy atom. The van der Waals surface area contributed by atoms with Gasteiger partial charge in [-0.2, -0.15) is 13.2 Å². The molecular formula is C8H7F6N3O3S. The number of hydrogen-bond acceptors (Lipinski definition) is 5. The lowest BCUT2D eigenvalue weighted by Gasteiger charge is -2.16. The van der Waals surface area contributed by atoms with Gasteiger partial charge >= 0.3 is 12.5 Å². The summed E-state index contributed by atoms with van der Waals surface area (Å²) in [5.41, 5.74) is 2.02. The Labute approximate surface area is 113 Å². The minimum Gasteiger partial charge on any atom is -0.388 e. The van der Waals surface area contributed by atoms with E-state index in [0.717, 1.165) is 0 Å². The SMILES string of the molecule is NCc1c(S(N)(=O)=O)cc(OC(F)(F)F)nc1C(F)(F)F. The molecule has 0 atom stereocenters. The van der Waals surface area contributed by atoms with Gasteiger partial charge in [-0.3, -0.25) is 0 Å². The van der Waals surface area contributed by atoms with Crippen LogP contribution in [0.15, 0.2) is 11.0 Å². The number of halogens is 6. The van der Waals surface area contributed by atoms with E-state index in [9.17, 15) is 34.8 Å². The molecule has 120 valence electrons. The van der Waals surface area contributed by atoms with E-state index in [4.69, 9.17) is 5.73 Å². The van der Waals surface area contributed by atoms with Gasteiger partial charge in [-0.1, -0.05) is 0 Å². The van der Waals surface area contributed by atoms with Crippen molar-refractivity contribution in [3.63, 3.8) is 0 Å². The third-order valence-corrected chi connectivity index (χ3v) is 3.04. The smallest absolute Gasteiger partial charge is 0.388 e. The first-order valence-electron chi connectivity index (χ1n) is 4.85. The second-order valence-corrected chi connectivity index (χ2v) is 5.11. The molecule has 0 amide bonds. The normalized spacial score (nSPS) is 13.3. The fraction of sp³-hybridized carbons (Fsp3) is 0.375. The zero-order valence-corrected chi connectivity index (χ0v) is 10.6. The van der Waals surface area contributed by atoms with Crippen LogP contribution in [0.25, 0.3) is 0 Å². The van der Waals surface area contributed by atoms with E-state index in [1.807, 2.05) is 0 Å². The van der Waals surface area contributed by atoms with Gasteiger partial charge in [0, 0.05) is 18.2 Å². The van der Waals surface area contributed by atoms with Crippen molar-refractivity contribution in [2.45, 2.75) is 24.0 Å². The zero-order valence-electron chi connectivity index (χ0n) is 9.79. The number of nitrogens with two attached hydrogens (primary N) is 2. The summed E-state index contributed by atoms with van der Waals surface area (Å²) in [5.74, 6) is -1.61. The summed E-state index contributed by atoms with van der Waals surface area (Å²) in [5, 5.41) is 4.66. The molecular weight excluding hydrogens is 332 g/mol. The largest absolute Gasteiger partial charge is 0.574 e. The standard InChI is InChI=1S/C8H7F6N3O3S/c9-7(10,11)6-3(2-15)4(21(16,18)19)1-5(17-6)20-8(12,13)14/h1H,2,15H2,(H2,16,18,19). The van der Waals surface area contributed by atoms with Crippen LogP contribution in [0.1, 0.15) is 11.3 Å². The van der Waals surface area contributed by atoms with Gasteiger partial charge in [0.15, 0.2) is 5.69 Å². The minimum absolute atomic E-state index is 0.125. The van der Waals surface area contributed by atoms with Crippen LogP contribution in [0, 0.1) is 0 Å². The molecule has 1 rings (SSSR count). The Bertz CT molecular complexity index is 640. The first-order chi connectivity index (χ1) is 9.25. The molecule has 0 fully saturated rings. The molecule has 0 saturated carbocycles. The van der Waals surface area contributed by atoms with Crippen LogP contribution in [-0.4, -0.2) is 19.8 Å². The molecule has 0 radical (unpaired) electrons. The molecule has 1 heterocycles. The third kappa shape index (κ3) is 4.44. The van der Waals surface area contributed by atoms with Crippen molar-refractivity contribution < 1.29 is 39.5 Å². The quantitative estimate of drug-likeness (QED) is 0.802. The van der Waals surface area contributed by atoms with Crippen molar-refractivity contribution in [1.29, 1.82) is 0 Å². The third-order valence-electron chi connectivity index (χ3n) is 2.06. The van der Waals surface area contributed by atoms with Crippen LogP contribution in [0.5, 0.6) is 5.88 Å². The predicted molar refractivity (Wildman–Crippen MR) is 55.2 cm³/mol. The summed E-state index contributed by atoms with van der Waals surface area (Å²) in [4.78, 5) is 1.36. The lowest BCUT2D eigenvalue weighted by atomic mass is 10.2. The summed E-state index contributed by atoms with van der Waals surface area (Å²) < 4.78 is 99.9. The molecule has 1 aromatic heterocycles. The van der Waals surface area contributed by atoms with Gasteiger partial charge in [-0.25, -0.2) is 18.5 Å². The highest BCUT2D eigenvalue weighted by molar-refractivity contribution is 7.89. The van der Waals surface area contributed by atoms with E-state index < -0.39 is 51.1 Å². The number of sulfonamides is 1. The maximum Gasteiger partial charge on any atom is 0.574 e. The highest BCUT2D eigenvalue weighted by atomic mass is 32.2. The lowest BCUT2D eigenvalue weighted by molar-refractivity contribution is -0.276. The number of primary sulfonamides is 1. The summed E-state index contributed by atoms with van der Waals surface area (Å²) in [6, 6.07) is 0.125. The van der Waals surface area contributed by atoms with Crippen LogP contribution in [0.4, 0.5) is 26.3 Å². The van der Waals surface area contributed by atoms with Gasteiger partial charge in [-0.05, 0) is 0 Å². The fourth-order valence-electron chi connectivity index (χ4n) is 1.38. The highest BCUT2D eigenvalue weighted by Gasteiger charge is 2.40. The molecule has 0 spiro atoms. The monoisotopic (exact) mass is 339 g/mol. The van der Waals surface area contributed by atoms with Crippen LogP contribution in [0.3, 0.4) is 0 Å². The van der Waals surface area contributed by atoms with Crippen molar-refractivity contribution >= 4 is 10.0 Å². The molecule has 0 bridgehead atoms. The first kappa shape index (κ1) is 17.5. The van der Waals surface area contributed by atoms with Gasteiger partial charge in [0.2, 0.25) is 15.9 Å². The Balaban J connectivity index is 3.67. The second-order valence-electron chi connectivity index (χ2n) is 3.58. The van der Waals surface area contributed by atoms with Crippen molar-refractivity contribution in [3.8, 4) is 5.88 Å². The molecule has 0 saturated heterocycles. The molecule has 13 heteroatoms. The molecule has 4 N–H and O–H groups in total. The predicted octanol–water partition coefficient (Wildman–Crippen LogP) is 1.11. The van der Waals surface area contributed by atoms with E-state index >= 15 is 0 Å². The zero-order chi connectivity index (χ0) is 16.6. The highest BCUT2D eigenvalue weighted by Crippen LogP contribution is 2.35. The van der Waals surface area contributed by atoms with E-state index in [0.29, 0.717) is 0 Å². The molecule has 0 aliphatic heterocycles. The molecule has 0 unspecified atom stereocenters. The van der Waals surface area contributed by atoms with E-state index in [2.05, 4.69) is 14.9 Å². The van der Waals surface area contributed by atoms with Gasteiger partial charge < -0.3 is 10.5 Å². The number of ether oxygens (including phenoxy) is 1. The van der Waals surface area contributed by atoms with Crippen molar-refractivity contribution in [2.24, 2.45) is 10.9 Å². The van der Waals surface area contributed by atoms with E-state index in [-0.39, 0.29) is 6.07 Å². The van der Waals surface area contributed by atoms with Gasteiger partial charge in [0.25, 0.3) is 0 Å². The topological polar surface area (TPSA) is 108 Å². The second kappa shape index (κ2) is 5.31. The van der Waals surface area contributed by atoms with Crippen LogP contribution in [-0.2, 0) is 22.7 Å². The van der Waals surface area contributed by atoms with Gasteiger partial charge in [-0.15, -0.1) is 13.2 Å². The van der Waals surface area contributed by atoms with E-state index in [1.54, 1.807) is 0 Å². The minimum atomic E-state index is -5.37. The number of hydrogen-bond donors (Lipinski definition) is 2. The maximum absolute atomic E-state index is 12.7. The van der Waals surface area contributed by atoms with Crippen molar-refractivity contribution in [1.82, 2.24) is 4.98 Å². The molecule has 1 aromatic rings. The molecule has 0 aromatic carbocycles. The number of pyridine rings is 1. The van der Waals surface area contributed by atoms with Crippen LogP contribution < -0.4 is 15.6 Å². The summed E-state index contributed by atoms with van der Waals surface area (Å²) >= 11 is 0. The number of rotatable bonds is 3. The first-order valence-corrected chi connectivity index (χ1v) is 6.40. The van der Waals surface area contributed by atoms with Gasteiger partial charge in [0.1, 0.15) is 0 Å². The number of nitrogens with zero attached hydrogens (tertiary/aromatic N) is 1. The molecule has 21 heavy (non-hydrogen) atoms. The Morgan fingerprint density at radius 2 is 1.71 bits per heavy atom. The Kier molecular flexibility index (Phi) is 4.41. The molecule has 6 nitrogen and oxygen atoms in total. The Hall–Kier alpha value is -1.60. The summed E-state index contributed by atoms with van der Waals surface area (Å²) in [7, 11) is -4.77. The van der Waals surface area contributed by atoms with Crippen LogP contribution in [0.2, 0.25) is 0 Å². The summed E-state index contributed by atoms with van der Waals surface area (Å²) in [6.45, 7) is -0.958. The fourth-order valence-corrected chi connectivity index (χ4v) is 2.17. The van der Waals surface area contributed by atoms with Gasteiger partial charge in [0.05, 0.1) is 4.90 Å².